The van der Waals surface area contributed by atoms with Crippen molar-refractivity contribution in [2.45, 2.75) is 26.7 Å². The van der Waals surface area contributed by atoms with Crippen molar-refractivity contribution in [1.29, 1.82) is 0 Å². The second-order valence-electron chi connectivity index (χ2n) is 4.38. The van der Waals surface area contributed by atoms with Gasteiger partial charge >= 0.3 is 0 Å². The van der Waals surface area contributed by atoms with E-state index in [1.54, 1.807) is 11.8 Å². The van der Waals surface area contributed by atoms with E-state index in [1.807, 2.05) is 0 Å². The number of carbonyl (C=O) groups excluding carboxylic acids is 2. The molecule has 0 unspecified atom stereocenters. The number of hydrogen-bond acceptors (Lipinski definition) is 4. The van der Waals surface area contributed by atoms with E-state index in [0.29, 0.717) is 26.2 Å². The van der Waals surface area contributed by atoms with Gasteiger partial charge in [0.05, 0.1) is 5.75 Å². The topological polar surface area (TPSA) is 74.8 Å². The second-order valence-corrected chi connectivity index (χ2v) is 6.64. The third-order valence-corrected chi connectivity index (χ3v) is 4.92. The van der Waals surface area contributed by atoms with Crippen LogP contribution in [0, 0.1) is 0 Å². The van der Waals surface area contributed by atoms with Crippen molar-refractivity contribution in [3.05, 3.63) is 0 Å². The number of amides is 1. The summed E-state index contributed by atoms with van der Waals surface area (Å²) in [7, 11) is -3.15. The number of rotatable bonds is 5. The molecule has 0 aliphatic carbocycles. The summed E-state index contributed by atoms with van der Waals surface area (Å²) in [4.78, 5) is 24.2. The van der Waals surface area contributed by atoms with Gasteiger partial charge in [-0.15, -0.1) is 0 Å². The van der Waals surface area contributed by atoms with E-state index in [0.717, 1.165) is 0 Å². The standard InChI is InChI=1S/C11H20N2O4S/c1-3-18(16,17)13-8-6-12(7-9-13)11(15)5-4-10(2)14/h3-9H2,1-2H3. The van der Waals surface area contributed by atoms with Crippen LogP contribution in [-0.2, 0) is 19.6 Å². The lowest BCUT2D eigenvalue weighted by Crippen LogP contribution is -2.50. The lowest BCUT2D eigenvalue weighted by Gasteiger charge is -2.33. The van der Waals surface area contributed by atoms with Crippen LogP contribution in [-0.4, -0.2) is 61.2 Å². The van der Waals surface area contributed by atoms with Crippen molar-refractivity contribution in [1.82, 2.24) is 9.21 Å². The first kappa shape index (κ1) is 15.1. The summed E-state index contributed by atoms with van der Waals surface area (Å²) >= 11 is 0. The van der Waals surface area contributed by atoms with E-state index in [1.165, 1.54) is 11.2 Å². The first-order valence-electron chi connectivity index (χ1n) is 6.12. The fourth-order valence-electron chi connectivity index (χ4n) is 1.84. The zero-order valence-corrected chi connectivity index (χ0v) is 11.7. The largest absolute Gasteiger partial charge is 0.340 e. The lowest BCUT2D eigenvalue weighted by atomic mass is 10.2. The van der Waals surface area contributed by atoms with Crippen LogP contribution in [0.2, 0.25) is 0 Å². The van der Waals surface area contributed by atoms with E-state index in [2.05, 4.69) is 0 Å². The van der Waals surface area contributed by atoms with Crippen molar-refractivity contribution in [2.75, 3.05) is 31.9 Å². The molecule has 1 aliphatic rings. The molecular formula is C11H20N2O4S. The predicted octanol–water partition coefficient (Wildman–Crippen LogP) is -0.151. The average molecular weight is 276 g/mol. The van der Waals surface area contributed by atoms with Gasteiger partial charge in [0.1, 0.15) is 5.78 Å². The Morgan fingerprint density at radius 1 is 1.06 bits per heavy atom. The summed E-state index contributed by atoms with van der Waals surface area (Å²) in [6.45, 7) is 4.59. The maximum absolute atomic E-state index is 11.7. The van der Waals surface area contributed by atoms with E-state index in [-0.39, 0.29) is 30.3 Å². The number of ketones is 1. The molecule has 1 heterocycles. The van der Waals surface area contributed by atoms with Gasteiger partial charge in [0.2, 0.25) is 15.9 Å². The van der Waals surface area contributed by atoms with Crippen molar-refractivity contribution in [3.63, 3.8) is 0 Å². The maximum Gasteiger partial charge on any atom is 0.223 e. The van der Waals surface area contributed by atoms with Gasteiger partial charge in [-0.3, -0.25) is 4.79 Å². The first-order valence-corrected chi connectivity index (χ1v) is 7.72. The first-order chi connectivity index (χ1) is 8.36. The Hall–Kier alpha value is -0.950. The molecule has 7 heteroatoms. The summed E-state index contributed by atoms with van der Waals surface area (Å²) in [5.41, 5.74) is 0. The number of sulfonamides is 1. The fraction of sp³-hybridized carbons (Fsp3) is 0.818. The fourth-order valence-corrected chi connectivity index (χ4v) is 2.92. The Morgan fingerprint density at radius 3 is 2.06 bits per heavy atom. The Balaban J connectivity index is 2.44. The molecule has 104 valence electrons. The smallest absolute Gasteiger partial charge is 0.223 e. The summed E-state index contributed by atoms with van der Waals surface area (Å²) in [6.07, 6.45) is 0.474. The molecule has 0 aromatic heterocycles. The molecule has 0 radical (unpaired) electrons. The van der Waals surface area contributed by atoms with E-state index >= 15 is 0 Å². The van der Waals surface area contributed by atoms with Crippen LogP contribution in [0.25, 0.3) is 0 Å². The Labute approximate surface area is 108 Å². The van der Waals surface area contributed by atoms with Gasteiger partial charge in [-0.25, -0.2) is 8.42 Å². The minimum absolute atomic E-state index is 0.00412. The molecule has 6 nitrogen and oxygen atoms in total. The highest BCUT2D eigenvalue weighted by molar-refractivity contribution is 7.89. The molecule has 0 aromatic rings. The molecule has 1 aliphatic heterocycles. The number of carbonyl (C=O) groups is 2. The van der Waals surface area contributed by atoms with Gasteiger partial charge in [-0.2, -0.15) is 4.31 Å². The minimum atomic E-state index is -3.15. The van der Waals surface area contributed by atoms with Gasteiger partial charge in [0, 0.05) is 39.0 Å². The molecule has 1 saturated heterocycles. The molecule has 0 bridgehead atoms. The summed E-state index contributed by atoms with van der Waals surface area (Å²) in [6, 6.07) is 0. The molecule has 18 heavy (non-hydrogen) atoms. The molecule has 0 N–H and O–H groups in total. The van der Waals surface area contributed by atoms with Crippen LogP contribution in [0.4, 0.5) is 0 Å². The lowest BCUT2D eigenvalue weighted by molar-refractivity contribution is -0.134. The maximum atomic E-state index is 11.7. The molecule has 0 spiro atoms. The normalized spacial score (nSPS) is 17.8. The predicted molar refractivity (Wildman–Crippen MR) is 67.5 cm³/mol. The van der Waals surface area contributed by atoms with Gasteiger partial charge in [0.25, 0.3) is 0 Å². The Bertz CT molecular complexity index is 411. The number of piperazine rings is 1. The van der Waals surface area contributed by atoms with Crippen molar-refractivity contribution in [3.8, 4) is 0 Å². The van der Waals surface area contributed by atoms with Crippen LogP contribution < -0.4 is 0 Å². The Morgan fingerprint density at radius 2 is 1.61 bits per heavy atom. The zero-order chi connectivity index (χ0) is 13.8. The quantitative estimate of drug-likeness (QED) is 0.700. The number of nitrogens with zero attached hydrogens (tertiary/aromatic N) is 2. The van der Waals surface area contributed by atoms with Crippen LogP contribution in [0.5, 0.6) is 0 Å². The van der Waals surface area contributed by atoms with Crippen LogP contribution in [0.3, 0.4) is 0 Å². The third kappa shape index (κ3) is 4.06. The van der Waals surface area contributed by atoms with Crippen LogP contribution >= 0.6 is 0 Å². The van der Waals surface area contributed by atoms with Gasteiger partial charge in [-0.1, -0.05) is 0 Å². The van der Waals surface area contributed by atoms with Gasteiger partial charge in [-0.05, 0) is 13.8 Å². The van der Waals surface area contributed by atoms with Gasteiger partial charge in [0.15, 0.2) is 0 Å². The number of hydrogen-bond donors (Lipinski definition) is 0. The Kier molecular flexibility index (Phi) is 5.28. The van der Waals surface area contributed by atoms with Crippen molar-refractivity contribution >= 4 is 21.7 Å². The summed E-state index contributed by atoms with van der Waals surface area (Å²) in [5, 5.41) is 0. The third-order valence-electron chi connectivity index (χ3n) is 3.04. The average Bonchev–Trinajstić information content (AvgIpc) is 2.36. The van der Waals surface area contributed by atoms with E-state index < -0.39 is 10.0 Å². The molecule has 1 amide bonds. The van der Waals surface area contributed by atoms with E-state index in [9.17, 15) is 18.0 Å². The van der Waals surface area contributed by atoms with Gasteiger partial charge < -0.3 is 9.69 Å². The zero-order valence-electron chi connectivity index (χ0n) is 10.9. The second kappa shape index (κ2) is 6.29. The molecule has 1 rings (SSSR count). The monoisotopic (exact) mass is 276 g/mol. The SMILES string of the molecule is CCS(=O)(=O)N1CCN(C(=O)CCC(C)=O)CC1. The van der Waals surface area contributed by atoms with Crippen LogP contribution in [0.15, 0.2) is 0 Å². The highest BCUT2D eigenvalue weighted by atomic mass is 32.2. The molecule has 0 atom stereocenters. The molecule has 0 saturated carbocycles. The van der Waals surface area contributed by atoms with Crippen LogP contribution in [0.1, 0.15) is 26.7 Å². The molecule has 0 aromatic carbocycles. The minimum Gasteiger partial charge on any atom is -0.340 e. The number of Topliss-reactive ketones (excluding diaryl/α,β-unsaturated/α-hetero) is 1. The highest BCUT2D eigenvalue weighted by Crippen LogP contribution is 2.09. The van der Waals surface area contributed by atoms with Crippen molar-refractivity contribution < 1.29 is 18.0 Å². The summed E-state index contributed by atoms with van der Waals surface area (Å²) < 4.78 is 24.7. The van der Waals surface area contributed by atoms with E-state index in [4.69, 9.17) is 0 Å². The molecular weight excluding hydrogens is 256 g/mol. The van der Waals surface area contributed by atoms with Crippen molar-refractivity contribution in [2.24, 2.45) is 0 Å². The summed E-state index contributed by atoms with van der Waals surface area (Å²) in [5.74, 6) is 0.0138. The highest BCUT2D eigenvalue weighted by Gasteiger charge is 2.27. The molecule has 1 fully saturated rings.